The van der Waals surface area contributed by atoms with E-state index in [9.17, 15) is 4.79 Å². The Morgan fingerprint density at radius 2 is 2.00 bits per heavy atom. The minimum atomic E-state index is -0.654. The van der Waals surface area contributed by atoms with Gasteiger partial charge in [0, 0.05) is 0 Å². The fraction of sp³-hybridized carbons (Fsp3) is 0.923. The Hall–Kier alpha value is -0.770. The van der Waals surface area contributed by atoms with Crippen molar-refractivity contribution in [3.63, 3.8) is 0 Å². The van der Waals surface area contributed by atoms with Gasteiger partial charge in [-0.05, 0) is 25.2 Å². The van der Waals surface area contributed by atoms with Crippen LogP contribution in [0.1, 0.15) is 52.9 Å². The van der Waals surface area contributed by atoms with Gasteiger partial charge in [0.15, 0.2) is 0 Å². The third-order valence-corrected chi connectivity index (χ3v) is 2.46. The molecule has 0 spiro atoms. The van der Waals surface area contributed by atoms with Crippen molar-refractivity contribution < 1.29 is 19.4 Å². The van der Waals surface area contributed by atoms with Crippen LogP contribution in [-0.4, -0.2) is 30.6 Å². The summed E-state index contributed by atoms with van der Waals surface area (Å²) in [6, 6.07) is 0. The predicted molar refractivity (Wildman–Crippen MR) is 66.9 cm³/mol. The molecule has 1 N–H and O–H groups in total. The average Bonchev–Trinajstić information content (AvgIpc) is 2.27. The zero-order valence-corrected chi connectivity index (χ0v) is 11.3. The van der Waals surface area contributed by atoms with Crippen molar-refractivity contribution in [3.8, 4) is 0 Å². The van der Waals surface area contributed by atoms with Gasteiger partial charge < -0.3 is 14.6 Å². The van der Waals surface area contributed by atoms with Gasteiger partial charge in [0.2, 0.25) is 0 Å². The van der Waals surface area contributed by atoms with E-state index in [1.54, 1.807) is 0 Å². The monoisotopic (exact) mass is 246 g/mol. The summed E-state index contributed by atoms with van der Waals surface area (Å²) in [4.78, 5) is 11.0. The first-order valence-corrected chi connectivity index (χ1v) is 6.58. The first-order chi connectivity index (χ1) is 8.13. The normalized spacial score (nSPS) is 23.3. The van der Waals surface area contributed by atoms with Crippen LogP contribution in [0.4, 0.5) is 4.79 Å². The van der Waals surface area contributed by atoms with E-state index in [0.29, 0.717) is 5.92 Å². The first kappa shape index (κ1) is 16.2. The van der Waals surface area contributed by atoms with E-state index in [-0.39, 0.29) is 19.3 Å². The van der Waals surface area contributed by atoms with Gasteiger partial charge >= 0.3 is 6.16 Å². The van der Waals surface area contributed by atoms with Crippen molar-refractivity contribution in [2.45, 2.75) is 59.0 Å². The summed E-state index contributed by atoms with van der Waals surface area (Å²) in [7, 11) is 0. The Balaban J connectivity index is 0.000000770. The van der Waals surface area contributed by atoms with Crippen LogP contribution in [0.15, 0.2) is 0 Å². The number of carbonyl (C=O) groups excluding carboxylic acids is 1. The van der Waals surface area contributed by atoms with Crippen LogP contribution in [0.2, 0.25) is 0 Å². The average molecular weight is 246 g/mol. The number of hydrogen-bond donors (Lipinski definition) is 1. The van der Waals surface area contributed by atoms with Gasteiger partial charge in [-0.3, -0.25) is 0 Å². The van der Waals surface area contributed by atoms with E-state index in [2.05, 4.69) is 25.5 Å². The molecule has 4 nitrogen and oxygen atoms in total. The zero-order chi connectivity index (χ0) is 13.1. The molecule has 17 heavy (non-hydrogen) atoms. The molecular weight excluding hydrogens is 220 g/mol. The summed E-state index contributed by atoms with van der Waals surface area (Å²) in [6.45, 7) is 6.27. The molecule has 0 amide bonds. The van der Waals surface area contributed by atoms with Crippen LogP contribution in [0.5, 0.6) is 0 Å². The first-order valence-electron chi connectivity index (χ1n) is 6.58. The predicted octanol–water partition coefficient (Wildman–Crippen LogP) is 3.13. The molecule has 4 heteroatoms. The highest BCUT2D eigenvalue weighted by Crippen LogP contribution is 2.25. The van der Waals surface area contributed by atoms with E-state index >= 15 is 0 Å². The third-order valence-electron chi connectivity index (χ3n) is 2.46. The van der Waals surface area contributed by atoms with E-state index in [4.69, 9.17) is 9.84 Å². The highest BCUT2D eigenvalue weighted by atomic mass is 16.7. The van der Waals surface area contributed by atoms with Crippen molar-refractivity contribution in [1.82, 2.24) is 0 Å². The Morgan fingerprint density at radius 3 is 2.53 bits per heavy atom. The van der Waals surface area contributed by atoms with Gasteiger partial charge in [0.25, 0.3) is 0 Å². The minimum Gasteiger partial charge on any atom is -0.432 e. The van der Waals surface area contributed by atoms with Gasteiger partial charge in [0.1, 0.15) is 12.7 Å². The van der Waals surface area contributed by atoms with Crippen LogP contribution in [-0.2, 0) is 9.47 Å². The zero-order valence-electron chi connectivity index (χ0n) is 11.3. The fourth-order valence-electron chi connectivity index (χ4n) is 1.78. The van der Waals surface area contributed by atoms with E-state index in [1.807, 2.05) is 0 Å². The summed E-state index contributed by atoms with van der Waals surface area (Å²) >= 11 is 0. The van der Waals surface area contributed by atoms with Crippen LogP contribution in [0, 0.1) is 5.92 Å². The quantitative estimate of drug-likeness (QED) is 0.777. The summed E-state index contributed by atoms with van der Waals surface area (Å²) in [6.07, 6.45) is 4.78. The fourth-order valence-corrected chi connectivity index (χ4v) is 1.78. The second-order valence-corrected chi connectivity index (χ2v) is 4.54. The van der Waals surface area contributed by atoms with E-state index < -0.39 is 6.16 Å². The van der Waals surface area contributed by atoms with Crippen molar-refractivity contribution in [3.05, 3.63) is 0 Å². The number of carbonyl (C=O) groups is 1. The van der Waals surface area contributed by atoms with Crippen LogP contribution >= 0.6 is 0 Å². The number of hydrogen-bond acceptors (Lipinski definition) is 4. The van der Waals surface area contributed by atoms with Gasteiger partial charge in [-0.15, -0.1) is 0 Å². The molecule has 1 aliphatic rings. The maximum Gasteiger partial charge on any atom is 0.508 e. The molecule has 1 aliphatic carbocycles. The summed E-state index contributed by atoms with van der Waals surface area (Å²) < 4.78 is 9.71. The molecule has 0 aromatic rings. The number of aliphatic hydroxyl groups is 1. The molecule has 0 unspecified atom stereocenters. The lowest BCUT2D eigenvalue weighted by Gasteiger charge is -2.25. The second kappa shape index (κ2) is 10.4. The highest BCUT2D eigenvalue weighted by molar-refractivity contribution is 5.60. The molecule has 2 atom stereocenters. The Kier molecular flexibility index (Phi) is 9.92. The SMILES string of the molecule is CCC.C[C@@H]1CCC[C@H](OC(=O)OCCO)C1. The summed E-state index contributed by atoms with van der Waals surface area (Å²) in [5.41, 5.74) is 0. The molecule has 0 radical (unpaired) electrons. The molecule has 0 aromatic carbocycles. The molecule has 0 aliphatic heterocycles. The van der Waals surface area contributed by atoms with Crippen molar-refractivity contribution in [1.29, 1.82) is 0 Å². The van der Waals surface area contributed by atoms with Crippen LogP contribution in [0.25, 0.3) is 0 Å². The molecular formula is C13H26O4. The molecule has 102 valence electrons. The van der Waals surface area contributed by atoms with Crippen LogP contribution in [0.3, 0.4) is 0 Å². The minimum absolute atomic E-state index is 0.00458. The Bertz CT molecular complexity index is 194. The molecule has 1 saturated carbocycles. The topological polar surface area (TPSA) is 55.8 Å². The largest absolute Gasteiger partial charge is 0.508 e. The molecule has 1 fully saturated rings. The summed E-state index contributed by atoms with van der Waals surface area (Å²) in [5, 5.41) is 8.43. The standard InChI is InChI=1S/C10H18O4.C3H8/c1-8-3-2-4-9(7-8)14-10(12)13-6-5-11;1-3-2/h8-9,11H,2-7H2,1H3;3H2,1-2H3/t8-,9+;/m1./s1. The number of aliphatic hydroxyl groups excluding tert-OH is 1. The number of ether oxygens (including phenoxy) is 2. The molecule has 0 saturated heterocycles. The maximum atomic E-state index is 11.0. The Morgan fingerprint density at radius 1 is 1.35 bits per heavy atom. The molecule has 0 bridgehead atoms. The van der Waals surface area contributed by atoms with Gasteiger partial charge in [-0.1, -0.05) is 33.6 Å². The Labute approximate surface area is 104 Å². The summed E-state index contributed by atoms with van der Waals surface area (Å²) in [5.74, 6) is 0.624. The van der Waals surface area contributed by atoms with Crippen molar-refractivity contribution in [2.75, 3.05) is 13.2 Å². The third kappa shape index (κ3) is 8.98. The lowest BCUT2D eigenvalue weighted by atomic mass is 9.89. The van der Waals surface area contributed by atoms with Gasteiger partial charge in [0.05, 0.1) is 6.61 Å². The lowest BCUT2D eigenvalue weighted by Crippen LogP contribution is -2.25. The molecule has 0 heterocycles. The van der Waals surface area contributed by atoms with Gasteiger partial charge in [-0.2, -0.15) is 0 Å². The van der Waals surface area contributed by atoms with E-state index in [0.717, 1.165) is 19.3 Å². The number of rotatable bonds is 3. The van der Waals surface area contributed by atoms with Crippen molar-refractivity contribution in [2.24, 2.45) is 5.92 Å². The van der Waals surface area contributed by atoms with Crippen LogP contribution < -0.4 is 0 Å². The van der Waals surface area contributed by atoms with Gasteiger partial charge in [-0.25, -0.2) is 4.79 Å². The molecule has 1 rings (SSSR count). The maximum absolute atomic E-state index is 11.0. The van der Waals surface area contributed by atoms with E-state index in [1.165, 1.54) is 12.8 Å². The molecule has 0 aromatic heterocycles. The smallest absolute Gasteiger partial charge is 0.432 e. The highest BCUT2D eigenvalue weighted by Gasteiger charge is 2.22. The van der Waals surface area contributed by atoms with Crippen molar-refractivity contribution >= 4 is 6.16 Å². The second-order valence-electron chi connectivity index (χ2n) is 4.54. The lowest BCUT2D eigenvalue weighted by molar-refractivity contribution is -0.00160.